The number of aliphatic hydroxyl groups excluding tert-OH is 1. The predicted molar refractivity (Wildman–Crippen MR) is 145 cm³/mol. The number of hydrogen-bond donors (Lipinski definition) is 2. The smallest absolute Gasteiger partial charge is 0.139 e. The molecule has 1 aliphatic carbocycles. The number of pyridine rings is 1. The number of rotatable bonds is 6. The van der Waals surface area contributed by atoms with Crippen LogP contribution >= 0.6 is 0 Å². The van der Waals surface area contributed by atoms with E-state index in [9.17, 15) is 5.11 Å². The Labute approximate surface area is 231 Å². The van der Waals surface area contributed by atoms with Crippen molar-refractivity contribution in [1.82, 2.24) is 19.6 Å². The summed E-state index contributed by atoms with van der Waals surface area (Å²) >= 11 is 0. The van der Waals surface area contributed by atoms with Gasteiger partial charge in [0, 0.05) is 49.8 Å². The third-order valence-corrected chi connectivity index (χ3v) is 8.16. The molecule has 0 unspecified atom stereocenters. The molecule has 40 heavy (non-hydrogen) atoms. The van der Waals surface area contributed by atoms with Gasteiger partial charge in [-0.1, -0.05) is 6.92 Å². The minimum atomic E-state index is -0.741. The van der Waals surface area contributed by atoms with Crippen LogP contribution in [0.3, 0.4) is 0 Å². The lowest BCUT2D eigenvalue weighted by Crippen LogP contribution is -2.44. The van der Waals surface area contributed by atoms with Crippen molar-refractivity contribution in [1.29, 1.82) is 0 Å². The highest BCUT2D eigenvalue weighted by atomic mass is 19.1. The van der Waals surface area contributed by atoms with E-state index in [1.807, 2.05) is 19.2 Å². The molecule has 0 amide bonds. The average molecular weight is 550 g/mol. The summed E-state index contributed by atoms with van der Waals surface area (Å²) in [5.74, 6) is -0.427. The van der Waals surface area contributed by atoms with Crippen molar-refractivity contribution >= 4 is 5.52 Å². The van der Waals surface area contributed by atoms with Crippen LogP contribution in [0.25, 0.3) is 16.8 Å². The van der Waals surface area contributed by atoms with Crippen molar-refractivity contribution in [3.63, 3.8) is 0 Å². The zero-order valence-corrected chi connectivity index (χ0v) is 22.3. The lowest BCUT2D eigenvalue weighted by Gasteiger charge is -2.36. The Morgan fingerprint density at radius 2 is 1.88 bits per heavy atom. The number of ether oxygens (including phenoxy) is 2. The molecule has 8 nitrogen and oxygen atoms in total. The van der Waals surface area contributed by atoms with E-state index in [-0.39, 0.29) is 41.0 Å². The van der Waals surface area contributed by atoms with Crippen LogP contribution in [0.2, 0.25) is 0 Å². The van der Waals surface area contributed by atoms with Gasteiger partial charge in [-0.25, -0.2) is 18.3 Å². The Bertz CT molecular complexity index is 1470. The van der Waals surface area contributed by atoms with Gasteiger partial charge in [-0.05, 0) is 54.0 Å². The molecule has 1 aliphatic heterocycles. The number of hydrogen-bond acceptors (Lipinski definition) is 7. The summed E-state index contributed by atoms with van der Waals surface area (Å²) < 4.78 is 43.2. The number of fused-ring (bicyclic) bond motifs is 1. The average Bonchev–Trinajstić information content (AvgIpc) is 3.34. The maximum atomic E-state index is 15.2. The molecule has 2 aliphatic rings. The number of aliphatic hydroxyl groups is 1. The van der Waals surface area contributed by atoms with Crippen LogP contribution in [0, 0.1) is 17.6 Å². The molecule has 1 saturated heterocycles. The second-order valence-corrected chi connectivity index (χ2v) is 11.0. The zero-order chi connectivity index (χ0) is 27.8. The van der Waals surface area contributed by atoms with E-state index in [0.717, 1.165) is 17.5 Å². The fourth-order valence-corrected chi connectivity index (χ4v) is 6.02. The molecule has 4 atom stereocenters. The largest absolute Gasteiger partial charge is 0.490 e. The van der Waals surface area contributed by atoms with Crippen molar-refractivity contribution in [2.45, 2.75) is 63.2 Å². The summed E-state index contributed by atoms with van der Waals surface area (Å²) in [6.45, 7) is 3.16. The SMILES string of the molecule is C[C@H]1C[C@@H](c2ccncc2Cc2ncc3ccc(-c4c(F)cc(OC5CCOCC5)cc4F)nn23)C[C@@H](N)[C@@H]1O. The van der Waals surface area contributed by atoms with E-state index in [0.29, 0.717) is 50.2 Å². The van der Waals surface area contributed by atoms with E-state index in [4.69, 9.17) is 15.2 Å². The second kappa shape index (κ2) is 11.2. The quantitative estimate of drug-likeness (QED) is 0.367. The summed E-state index contributed by atoms with van der Waals surface area (Å²) in [6, 6.07) is 7.47. The monoisotopic (exact) mass is 549 g/mol. The fraction of sp³-hybridized carbons (Fsp3) is 0.433. The molecule has 4 aromatic rings. The van der Waals surface area contributed by atoms with Gasteiger partial charge >= 0.3 is 0 Å². The van der Waals surface area contributed by atoms with E-state index in [2.05, 4.69) is 15.1 Å². The molecule has 3 aromatic heterocycles. The van der Waals surface area contributed by atoms with Gasteiger partial charge in [-0.3, -0.25) is 4.98 Å². The number of aromatic nitrogens is 4. The molecule has 1 aromatic carbocycles. The van der Waals surface area contributed by atoms with Crippen LogP contribution in [0.5, 0.6) is 5.75 Å². The molecule has 6 rings (SSSR count). The van der Waals surface area contributed by atoms with Crippen molar-refractivity contribution in [2.75, 3.05) is 13.2 Å². The fourth-order valence-electron chi connectivity index (χ4n) is 6.02. The summed E-state index contributed by atoms with van der Waals surface area (Å²) in [6.07, 6.45) is 7.93. The summed E-state index contributed by atoms with van der Waals surface area (Å²) in [5, 5.41) is 14.9. The first-order valence-corrected chi connectivity index (χ1v) is 13.8. The first-order chi connectivity index (χ1) is 19.4. The highest BCUT2D eigenvalue weighted by Gasteiger charge is 2.34. The number of nitrogens with two attached hydrogens (primary N) is 1. The van der Waals surface area contributed by atoms with Gasteiger partial charge in [-0.15, -0.1) is 0 Å². The van der Waals surface area contributed by atoms with Gasteiger partial charge in [0.1, 0.15) is 29.3 Å². The Morgan fingerprint density at radius 1 is 1.10 bits per heavy atom. The number of imidazole rings is 1. The zero-order valence-electron chi connectivity index (χ0n) is 22.3. The number of halogens is 2. The van der Waals surface area contributed by atoms with Gasteiger partial charge in [0.2, 0.25) is 0 Å². The third-order valence-electron chi connectivity index (χ3n) is 8.16. The maximum absolute atomic E-state index is 15.2. The molecule has 0 radical (unpaired) electrons. The van der Waals surface area contributed by atoms with Crippen LogP contribution in [-0.2, 0) is 11.2 Å². The summed E-state index contributed by atoms with van der Waals surface area (Å²) in [7, 11) is 0. The first-order valence-electron chi connectivity index (χ1n) is 13.8. The van der Waals surface area contributed by atoms with Crippen LogP contribution < -0.4 is 10.5 Å². The molecule has 3 N–H and O–H groups in total. The highest BCUT2D eigenvalue weighted by molar-refractivity contribution is 5.64. The minimum Gasteiger partial charge on any atom is -0.490 e. The normalized spacial score (nSPS) is 23.9. The molecular formula is C30H33F2N5O3. The van der Waals surface area contributed by atoms with Crippen molar-refractivity contribution in [3.8, 4) is 17.0 Å². The van der Waals surface area contributed by atoms with Gasteiger partial charge < -0.3 is 20.3 Å². The lowest BCUT2D eigenvalue weighted by molar-refractivity contribution is 0.0253. The molecule has 10 heteroatoms. The molecule has 4 heterocycles. The van der Waals surface area contributed by atoms with Crippen LogP contribution in [0.15, 0.2) is 48.9 Å². The molecule has 1 saturated carbocycles. The van der Waals surface area contributed by atoms with Gasteiger partial charge in [0.25, 0.3) is 0 Å². The van der Waals surface area contributed by atoms with Crippen molar-refractivity contribution < 1.29 is 23.4 Å². The standard InChI is InChI=1S/C30H33F2N5O3/c1-17-10-18(11-26(33)30(17)38)23-4-7-34-15-19(23)12-28-35-16-20-2-3-27(36-37(20)28)29-24(31)13-22(14-25(29)32)40-21-5-8-39-9-6-21/h2-4,7,13-18,21,26,30,38H,5-6,8-12,33H2,1H3/t17-,18+,26+,30+/m0/s1. The van der Waals surface area contributed by atoms with Crippen LogP contribution in [0.4, 0.5) is 8.78 Å². The lowest BCUT2D eigenvalue weighted by atomic mass is 9.74. The van der Waals surface area contributed by atoms with Crippen LogP contribution in [-0.4, -0.2) is 56.2 Å². The number of benzene rings is 1. The highest BCUT2D eigenvalue weighted by Crippen LogP contribution is 2.37. The van der Waals surface area contributed by atoms with Crippen molar-refractivity contribution in [2.24, 2.45) is 11.7 Å². The molecule has 0 bridgehead atoms. The van der Waals surface area contributed by atoms with Gasteiger partial charge in [0.05, 0.1) is 42.3 Å². The summed E-state index contributed by atoms with van der Waals surface area (Å²) in [5.41, 5.74) is 9.00. The Kier molecular flexibility index (Phi) is 7.48. The molecule has 0 spiro atoms. The first kappa shape index (κ1) is 26.7. The Morgan fingerprint density at radius 3 is 2.62 bits per heavy atom. The van der Waals surface area contributed by atoms with Gasteiger partial charge in [0.15, 0.2) is 0 Å². The van der Waals surface area contributed by atoms with Crippen molar-refractivity contribution in [3.05, 3.63) is 77.5 Å². The number of nitrogens with zero attached hydrogens (tertiary/aromatic N) is 4. The van der Waals surface area contributed by atoms with E-state index in [1.54, 1.807) is 29.0 Å². The topological polar surface area (TPSA) is 108 Å². The Balaban J connectivity index is 1.29. The second-order valence-electron chi connectivity index (χ2n) is 11.0. The van der Waals surface area contributed by atoms with E-state index < -0.39 is 17.7 Å². The summed E-state index contributed by atoms with van der Waals surface area (Å²) in [4.78, 5) is 8.90. The van der Waals surface area contributed by atoms with E-state index >= 15 is 8.78 Å². The van der Waals surface area contributed by atoms with E-state index in [1.165, 1.54) is 12.1 Å². The molecule has 2 fully saturated rings. The molecular weight excluding hydrogens is 516 g/mol. The maximum Gasteiger partial charge on any atom is 0.139 e. The third kappa shape index (κ3) is 5.31. The van der Waals surface area contributed by atoms with Gasteiger partial charge in [-0.2, -0.15) is 5.10 Å². The predicted octanol–water partition coefficient (Wildman–Crippen LogP) is 4.42. The Hall–Kier alpha value is -3.47. The van der Waals surface area contributed by atoms with Crippen LogP contribution in [0.1, 0.15) is 55.5 Å². The minimum absolute atomic E-state index is 0.0875. The molecule has 210 valence electrons.